The molecular formula is C16H26N4S. The van der Waals surface area contributed by atoms with Gasteiger partial charge in [-0.2, -0.15) is 0 Å². The second-order valence-corrected chi connectivity index (χ2v) is 7.81. The van der Waals surface area contributed by atoms with E-state index in [9.17, 15) is 0 Å². The van der Waals surface area contributed by atoms with Crippen LogP contribution in [-0.4, -0.2) is 42.1 Å². The molecule has 2 heterocycles. The number of piperazine rings is 1. The van der Waals surface area contributed by atoms with Gasteiger partial charge in [-0.25, -0.2) is 4.98 Å². The van der Waals surface area contributed by atoms with Crippen LogP contribution >= 0.6 is 11.3 Å². The van der Waals surface area contributed by atoms with Crippen LogP contribution in [0.5, 0.6) is 0 Å². The number of nitrogens with two attached hydrogens (primary N) is 1. The van der Waals surface area contributed by atoms with Crippen LogP contribution in [0.15, 0.2) is 0 Å². The van der Waals surface area contributed by atoms with E-state index in [-0.39, 0.29) is 0 Å². The van der Waals surface area contributed by atoms with Crippen LogP contribution in [0.1, 0.15) is 55.0 Å². The van der Waals surface area contributed by atoms with Crippen molar-refractivity contribution in [2.24, 2.45) is 5.73 Å². The molecule has 4 rings (SSSR count). The van der Waals surface area contributed by atoms with Crippen molar-refractivity contribution >= 4 is 16.5 Å². The van der Waals surface area contributed by atoms with Crippen molar-refractivity contribution in [2.75, 3.05) is 31.1 Å². The summed E-state index contributed by atoms with van der Waals surface area (Å²) in [6.07, 6.45) is 8.32. The Bertz CT molecular complexity index is 482. The topological polar surface area (TPSA) is 45.4 Å². The van der Waals surface area contributed by atoms with Gasteiger partial charge < -0.3 is 10.6 Å². The third-order valence-corrected chi connectivity index (χ3v) is 6.45. The fourth-order valence-electron chi connectivity index (χ4n) is 3.86. The van der Waals surface area contributed by atoms with Crippen LogP contribution in [0, 0.1) is 0 Å². The highest BCUT2D eigenvalue weighted by Gasteiger charge is 2.31. The molecular weight excluding hydrogens is 280 g/mol. The number of hydrogen-bond acceptors (Lipinski definition) is 5. The Morgan fingerprint density at radius 2 is 1.76 bits per heavy atom. The van der Waals surface area contributed by atoms with E-state index >= 15 is 0 Å². The maximum absolute atomic E-state index is 5.91. The number of rotatable bonds is 4. The predicted octanol–water partition coefficient (Wildman–Crippen LogP) is 2.54. The predicted molar refractivity (Wildman–Crippen MR) is 88.0 cm³/mol. The van der Waals surface area contributed by atoms with Crippen LogP contribution in [-0.2, 0) is 6.54 Å². The van der Waals surface area contributed by atoms with Gasteiger partial charge in [-0.3, -0.25) is 4.90 Å². The molecule has 116 valence electrons. The number of nitrogens with zero attached hydrogens (tertiary/aromatic N) is 3. The van der Waals surface area contributed by atoms with Gasteiger partial charge in [0.15, 0.2) is 5.13 Å². The molecule has 0 aromatic carbocycles. The van der Waals surface area contributed by atoms with Gasteiger partial charge in [0.2, 0.25) is 0 Å². The third kappa shape index (κ3) is 2.83. The number of anilines is 1. The zero-order chi connectivity index (χ0) is 14.2. The molecule has 1 aromatic heterocycles. The average Bonchev–Trinajstić information content (AvgIpc) is 3.06. The van der Waals surface area contributed by atoms with Gasteiger partial charge in [-0.15, -0.1) is 11.3 Å². The Hall–Kier alpha value is -0.650. The summed E-state index contributed by atoms with van der Waals surface area (Å²) >= 11 is 1.84. The largest absolute Gasteiger partial charge is 0.346 e. The lowest BCUT2D eigenvalue weighted by molar-refractivity contribution is 0.187. The lowest BCUT2D eigenvalue weighted by atomic mass is 10.2. The van der Waals surface area contributed by atoms with Crippen molar-refractivity contribution in [3.05, 3.63) is 10.6 Å². The Balaban J connectivity index is 1.41. The Labute approximate surface area is 131 Å². The van der Waals surface area contributed by atoms with E-state index in [0.717, 1.165) is 19.1 Å². The van der Waals surface area contributed by atoms with Gasteiger partial charge in [-0.05, 0) is 25.7 Å². The summed E-state index contributed by atoms with van der Waals surface area (Å²) < 4.78 is 0. The first-order chi connectivity index (χ1) is 10.3. The smallest absolute Gasteiger partial charge is 0.185 e. The average molecular weight is 306 g/mol. The molecule has 0 amide bonds. The number of hydrogen-bond donors (Lipinski definition) is 1. The lowest BCUT2D eigenvalue weighted by Gasteiger charge is -2.37. The van der Waals surface area contributed by atoms with Crippen molar-refractivity contribution in [1.29, 1.82) is 0 Å². The van der Waals surface area contributed by atoms with Gasteiger partial charge in [0.1, 0.15) is 0 Å². The minimum absolute atomic E-state index is 0.658. The van der Waals surface area contributed by atoms with Crippen molar-refractivity contribution in [2.45, 2.75) is 57.0 Å². The Kier molecular flexibility index (Phi) is 3.90. The minimum atomic E-state index is 0.658. The first kappa shape index (κ1) is 14.0. The molecule has 1 aromatic rings. The molecule has 0 atom stereocenters. The normalized spacial score (nSPS) is 24.9. The maximum atomic E-state index is 5.91. The molecule has 3 fully saturated rings. The summed E-state index contributed by atoms with van der Waals surface area (Å²) in [6, 6.07) is 0.866. The molecule has 0 radical (unpaired) electrons. The monoisotopic (exact) mass is 306 g/mol. The van der Waals surface area contributed by atoms with Gasteiger partial charge in [-0.1, -0.05) is 12.8 Å². The molecule has 2 saturated carbocycles. The highest BCUT2D eigenvalue weighted by Crippen LogP contribution is 2.44. The molecule has 2 aliphatic carbocycles. The van der Waals surface area contributed by atoms with Crippen molar-refractivity contribution in [3.8, 4) is 0 Å². The summed E-state index contributed by atoms with van der Waals surface area (Å²) in [5, 5.41) is 1.23. The second kappa shape index (κ2) is 5.86. The maximum Gasteiger partial charge on any atom is 0.185 e. The van der Waals surface area contributed by atoms with E-state index in [2.05, 4.69) is 9.80 Å². The van der Waals surface area contributed by atoms with Crippen LogP contribution in [0.25, 0.3) is 0 Å². The SMILES string of the molecule is NCc1sc(N2CCN(C3CCCC3)CC2)nc1C1CC1. The first-order valence-electron chi connectivity index (χ1n) is 8.54. The molecule has 2 N–H and O–H groups in total. The molecule has 3 aliphatic rings. The number of thiazole rings is 1. The van der Waals surface area contributed by atoms with Gasteiger partial charge >= 0.3 is 0 Å². The van der Waals surface area contributed by atoms with Crippen molar-refractivity contribution in [3.63, 3.8) is 0 Å². The standard InChI is InChI=1S/C16H26N4S/c17-11-14-15(12-5-6-12)18-16(21-14)20-9-7-19(8-10-20)13-3-1-2-4-13/h12-13H,1-11,17H2. The van der Waals surface area contributed by atoms with Crippen LogP contribution in [0.4, 0.5) is 5.13 Å². The molecule has 0 unspecified atom stereocenters. The second-order valence-electron chi connectivity index (χ2n) is 6.74. The summed E-state index contributed by atoms with van der Waals surface area (Å²) in [4.78, 5) is 11.5. The number of aromatic nitrogens is 1. The quantitative estimate of drug-likeness (QED) is 0.928. The molecule has 4 nitrogen and oxygen atoms in total. The first-order valence-corrected chi connectivity index (χ1v) is 9.35. The zero-order valence-electron chi connectivity index (χ0n) is 12.8. The summed E-state index contributed by atoms with van der Waals surface area (Å²) in [7, 11) is 0. The molecule has 5 heteroatoms. The van der Waals surface area contributed by atoms with E-state index in [1.165, 1.54) is 67.3 Å². The molecule has 1 saturated heterocycles. The van der Waals surface area contributed by atoms with E-state index in [1.807, 2.05) is 11.3 Å². The fourth-order valence-corrected chi connectivity index (χ4v) is 4.93. The third-order valence-electron chi connectivity index (χ3n) is 5.29. The summed E-state index contributed by atoms with van der Waals surface area (Å²) in [5.41, 5.74) is 7.22. The van der Waals surface area contributed by atoms with Crippen molar-refractivity contribution in [1.82, 2.24) is 9.88 Å². The van der Waals surface area contributed by atoms with E-state index in [0.29, 0.717) is 12.5 Å². The minimum Gasteiger partial charge on any atom is -0.346 e. The van der Waals surface area contributed by atoms with Crippen LogP contribution < -0.4 is 10.6 Å². The molecule has 21 heavy (non-hydrogen) atoms. The van der Waals surface area contributed by atoms with Crippen LogP contribution in [0.3, 0.4) is 0 Å². The van der Waals surface area contributed by atoms with Gasteiger partial charge in [0, 0.05) is 49.6 Å². The molecule has 0 bridgehead atoms. The van der Waals surface area contributed by atoms with Crippen molar-refractivity contribution < 1.29 is 0 Å². The van der Waals surface area contributed by atoms with E-state index in [1.54, 1.807) is 0 Å². The van der Waals surface area contributed by atoms with Gasteiger partial charge in [0.05, 0.1) is 5.69 Å². The summed E-state index contributed by atoms with van der Waals surface area (Å²) in [5.74, 6) is 0.716. The highest BCUT2D eigenvalue weighted by molar-refractivity contribution is 7.15. The molecule has 1 aliphatic heterocycles. The summed E-state index contributed by atoms with van der Waals surface area (Å²) in [6.45, 7) is 5.35. The lowest BCUT2D eigenvalue weighted by Crippen LogP contribution is -2.49. The van der Waals surface area contributed by atoms with Gasteiger partial charge in [0.25, 0.3) is 0 Å². The van der Waals surface area contributed by atoms with Crippen LogP contribution in [0.2, 0.25) is 0 Å². The Morgan fingerprint density at radius 1 is 1.05 bits per heavy atom. The molecule has 0 spiro atoms. The Morgan fingerprint density at radius 3 is 2.38 bits per heavy atom. The highest BCUT2D eigenvalue weighted by atomic mass is 32.1. The fraction of sp³-hybridized carbons (Fsp3) is 0.812. The zero-order valence-corrected chi connectivity index (χ0v) is 13.6. The van der Waals surface area contributed by atoms with E-state index in [4.69, 9.17) is 10.7 Å². The van der Waals surface area contributed by atoms with E-state index < -0.39 is 0 Å².